The number of aromatic nitrogens is 1. The van der Waals surface area contributed by atoms with Crippen molar-refractivity contribution in [2.45, 2.75) is 96.4 Å². The number of phenols is 1. The molecule has 2 aromatic carbocycles. The van der Waals surface area contributed by atoms with Crippen LogP contribution in [0, 0.1) is 5.92 Å². The maximum atomic E-state index is 14.4. The summed E-state index contributed by atoms with van der Waals surface area (Å²) in [6.45, 7) is 6.44. The number of nitrogens with zero attached hydrogens (tertiary/aromatic N) is 1. The maximum Gasteiger partial charge on any atom is 0.308 e. The zero-order chi connectivity index (χ0) is 36.2. The summed E-state index contributed by atoms with van der Waals surface area (Å²) < 4.78 is 5.76. The molecule has 4 rings (SSSR count). The second kappa shape index (κ2) is 18.4. The van der Waals surface area contributed by atoms with E-state index in [0.717, 1.165) is 35.0 Å². The van der Waals surface area contributed by atoms with Crippen LogP contribution in [0.2, 0.25) is 0 Å². The van der Waals surface area contributed by atoms with Gasteiger partial charge in [0.25, 0.3) is 0 Å². The number of hydrogen-bond acceptors (Lipinski definition) is 7. The summed E-state index contributed by atoms with van der Waals surface area (Å²) >= 11 is 0. The second-order valence-corrected chi connectivity index (χ2v) is 13.6. The molecule has 0 saturated carbocycles. The monoisotopic (exact) mass is 687 g/mol. The summed E-state index contributed by atoms with van der Waals surface area (Å²) in [6, 6.07) is 11.4. The Morgan fingerprint density at radius 3 is 2.44 bits per heavy atom. The molecule has 3 amide bonds. The van der Waals surface area contributed by atoms with Crippen LogP contribution in [0.4, 0.5) is 0 Å². The lowest BCUT2D eigenvalue weighted by Gasteiger charge is -2.32. The first-order valence-corrected chi connectivity index (χ1v) is 17.7. The van der Waals surface area contributed by atoms with E-state index in [1.807, 2.05) is 58.3 Å². The van der Waals surface area contributed by atoms with E-state index in [9.17, 15) is 24.3 Å². The third-order valence-corrected chi connectivity index (χ3v) is 9.45. The molecule has 0 saturated heterocycles. The molecule has 11 heteroatoms. The first kappa shape index (κ1) is 38.2. The van der Waals surface area contributed by atoms with E-state index in [0.29, 0.717) is 37.7 Å². The van der Waals surface area contributed by atoms with E-state index < -0.39 is 30.0 Å². The van der Waals surface area contributed by atoms with E-state index in [-0.39, 0.29) is 42.4 Å². The number of para-hydroxylation sites is 1. The minimum Gasteiger partial charge on any atom is -0.508 e. The van der Waals surface area contributed by atoms with Crippen LogP contribution in [-0.2, 0) is 30.3 Å². The predicted octanol–water partition coefficient (Wildman–Crippen LogP) is 5.06. The van der Waals surface area contributed by atoms with E-state index in [4.69, 9.17) is 4.74 Å². The number of carbonyl (C=O) groups is 4. The number of likely N-dealkylation sites (N-methyl/N-ethyl adjacent to an activating group) is 1. The van der Waals surface area contributed by atoms with E-state index >= 15 is 0 Å². The maximum absolute atomic E-state index is 14.4. The molecule has 11 nitrogen and oxygen atoms in total. The number of cyclic esters (lactones) is 1. The number of amides is 3. The number of esters is 1. The highest BCUT2D eigenvalue weighted by molar-refractivity contribution is 5.93. The second-order valence-electron chi connectivity index (χ2n) is 13.6. The highest BCUT2D eigenvalue weighted by Crippen LogP contribution is 2.25. The smallest absolute Gasteiger partial charge is 0.308 e. The van der Waals surface area contributed by atoms with Gasteiger partial charge in [-0.15, -0.1) is 0 Å². The van der Waals surface area contributed by atoms with Crippen LogP contribution >= 0.6 is 0 Å². The lowest BCUT2D eigenvalue weighted by molar-refractivity contribution is -0.149. The van der Waals surface area contributed by atoms with Crippen LogP contribution in [0.5, 0.6) is 5.75 Å². The van der Waals surface area contributed by atoms with Crippen molar-refractivity contribution in [3.8, 4) is 5.75 Å². The molecule has 1 aromatic heterocycles. The van der Waals surface area contributed by atoms with Crippen LogP contribution in [0.15, 0.2) is 66.4 Å². The van der Waals surface area contributed by atoms with Gasteiger partial charge in [-0.2, -0.15) is 0 Å². The Morgan fingerprint density at radius 1 is 0.960 bits per heavy atom. The molecule has 270 valence electrons. The Morgan fingerprint density at radius 2 is 1.70 bits per heavy atom. The highest BCUT2D eigenvalue weighted by atomic mass is 16.5. The summed E-state index contributed by atoms with van der Waals surface area (Å²) in [6.07, 6.45) is 7.29. The molecule has 1 aliphatic rings. The topological polar surface area (TPSA) is 153 Å². The molecule has 5 N–H and O–H groups in total. The molecule has 0 bridgehead atoms. The van der Waals surface area contributed by atoms with Gasteiger partial charge < -0.3 is 35.7 Å². The summed E-state index contributed by atoms with van der Waals surface area (Å²) in [7, 11) is 3.47. The predicted molar refractivity (Wildman–Crippen MR) is 194 cm³/mol. The number of aromatic amines is 1. The standard InChI is InChI=1S/C39H53N5O6/c1-25-11-10-12-27(3)50-36(46)23-34(28-16-18-30(45)19-17-28)43-38(48)35(22-29-24-41-32-14-7-6-13-31(29)32)44(5)39(49)33(15-8-9-20-40-4)42-37(47)26(2)21-25/h6-7,11,13-14,16-19,24,26-27,33-35,40-41,45H,8-10,12,15,20-23H2,1-5H3,(H,42,47)(H,43,48)/b25-11+/t26-,27-,33-,34+,35?/m0/s1. The lowest BCUT2D eigenvalue weighted by atomic mass is 9.98. The number of phenolic OH excluding ortho intramolecular Hbond substituents is 1. The number of benzene rings is 2. The van der Waals surface area contributed by atoms with Gasteiger partial charge in [-0.3, -0.25) is 19.2 Å². The minimum absolute atomic E-state index is 0.0513. The highest BCUT2D eigenvalue weighted by Gasteiger charge is 2.35. The van der Waals surface area contributed by atoms with Crippen LogP contribution in [0.1, 0.15) is 82.9 Å². The first-order valence-electron chi connectivity index (χ1n) is 17.7. The van der Waals surface area contributed by atoms with Crippen LogP contribution in [0.25, 0.3) is 10.9 Å². The number of ether oxygens (including phenoxy) is 1. The fraction of sp³-hybridized carbons (Fsp3) is 0.487. The van der Waals surface area contributed by atoms with Crippen molar-refractivity contribution in [3.63, 3.8) is 0 Å². The average molecular weight is 688 g/mol. The number of fused-ring (bicyclic) bond motifs is 1. The van der Waals surface area contributed by atoms with Gasteiger partial charge in [-0.05, 0) is 95.3 Å². The zero-order valence-corrected chi connectivity index (χ0v) is 30.0. The van der Waals surface area contributed by atoms with Gasteiger partial charge in [0.1, 0.15) is 17.8 Å². The molecule has 0 spiro atoms. The SMILES string of the molecule is CNCCCC[C@@H]1NC(=O)[C@@H](C)C/C(C)=C/CC[C@H](C)OC(=O)C[C@H](c2ccc(O)cc2)NC(=O)C(Cc2c[nH]c3ccccc23)N(C)C1=O. The van der Waals surface area contributed by atoms with E-state index in [2.05, 4.69) is 27.0 Å². The van der Waals surface area contributed by atoms with Gasteiger partial charge in [0.05, 0.1) is 18.6 Å². The Kier molecular flexibility index (Phi) is 14.0. The third-order valence-electron chi connectivity index (χ3n) is 9.45. The number of aromatic hydroxyl groups is 1. The van der Waals surface area contributed by atoms with Crippen molar-refractivity contribution in [2.24, 2.45) is 5.92 Å². The van der Waals surface area contributed by atoms with E-state index in [1.54, 1.807) is 19.2 Å². The zero-order valence-electron chi connectivity index (χ0n) is 30.0. The van der Waals surface area contributed by atoms with Crippen LogP contribution in [0.3, 0.4) is 0 Å². The third kappa shape index (κ3) is 10.7. The number of rotatable bonds is 8. The summed E-state index contributed by atoms with van der Waals surface area (Å²) in [4.78, 5) is 60.3. The van der Waals surface area contributed by atoms with Gasteiger partial charge in [0.2, 0.25) is 17.7 Å². The van der Waals surface area contributed by atoms with Crippen molar-refractivity contribution in [1.29, 1.82) is 0 Å². The minimum atomic E-state index is -0.988. The number of hydrogen-bond donors (Lipinski definition) is 5. The van der Waals surface area contributed by atoms with Crippen molar-refractivity contribution >= 4 is 34.6 Å². The number of unbranched alkanes of at least 4 members (excludes halogenated alkanes) is 1. The first-order chi connectivity index (χ1) is 24.0. The van der Waals surface area contributed by atoms with Crippen molar-refractivity contribution in [1.82, 2.24) is 25.8 Å². The summed E-state index contributed by atoms with van der Waals surface area (Å²) in [5.41, 5.74) is 3.39. The molecular weight excluding hydrogens is 634 g/mol. The molecule has 3 aromatic rings. The van der Waals surface area contributed by atoms with Gasteiger partial charge in [0.15, 0.2) is 0 Å². The van der Waals surface area contributed by atoms with Crippen LogP contribution < -0.4 is 16.0 Å². The molecule has 1 aliphatic heterocycles. The average Bonchev–Trinajstić information content (AvgIpc) is 3.50. The molecule has 0 fully saturated rings. The van der Waals surface area contributed by atoms with Crippen molar-refractivity contribution in [2.75, 3.05) is 20.6 Å². The molecular formula is C39H53N5O6. The molecule has 0 radical (unpaired) electrons. The largest absolute Gasteiger partial charge is 0.508 e. The summed E-state index contributed by atoms with van der Waals surface area (Å²) in [5.74, 6) is -1.85. The molecule has 1 unspecified atom stereocenters. The normalized spacial score (nSPS) is 24.7. The van der Waals surface area contributed by atoms with Gasteiger partial charge >= 0.3 is 5.97 Å². The van der Waals surface area contributed by atoms with Crippen molar-refractivity contribution in [3.05, 3.63) is 77.5 Å². The van der Waals surface area contributed by atoms with Crippen LogP contribution in [-0.4, -0.2) is 77.5 Å². The molecule has 5 atom stereocenters. The molecule has 0 aliphatic carbocycles. The Balaban J connectivity index is 1.74. The summed E-state index contributed by atoms with van der Waals surface area (Å²) in [5, 5.41) is 20.1. The Labute approximate surface area is 295 Å². The molecule has 50 heavy (non-hydrogen) atoms. The van der Waals surface area contributed by atoms with Gasteiger partial charge in [-0.1, -0.05) is 48.9 Å². The van der Waals surface area contributed by atoms with E-state index in [1.165, 1.54) is 17.0 Å². The quantitative estimate of drug-likeness (QED) is 0.126. The number of carbonyl (C=O) groups excluding carboxylic acids is 4. The van der Waals surface area contributed by atoms with Crippen molar-refractivity contribution < 1.29 is 29.0 Å². The number of allylic oxidation sites excluding steroid dienone is 2. The van der Waals surface area contributed by atoms with Gasteiger partial charge in [0, 0.05) is 36.5 Å². The number of nitrogens with one attached hydrogen (secondary N) is 4. The fourth-order valence-electron chi connectivity index (χ4n) is 6.48. The van der Waals surface area contributed by atoms with Gasteiger partial charge in [-0.25, -0.2) is 0 Å². The Bertz CT molecular complexity index is 1630. The lowest BCUT2D eigenvalue weighted by Crippen LogP contribution is -2.56. The fourth-order valence-corrected chi connectivity index (χ4v) is 6.48. The number of H-pyrrole nitrogens is 1. The Hall–Kier alpha value is -4.64. The molecule has 2 heterocycles.